The minimum absolute atomic E-state index is 0.0425. The number of carbonyl (C=O) groups excluding carboxylic acids is 2. The average molecular weight is 477 g/mol. The summed E-state index contributed by atoms with van der Waals surface area (Å²) in [6.45, 7) is -1.46. The third-order valence-corrected chi connectivity index (χ3v) is 8.10. The van der Waals surface area contributed by atoms with E-state index in [4.69, 9.17) is 14.0 Å². The molecule has 0 bridgehead atoms. The Morgan fingerprint density at radius 1 is 1.17 bits per heavy atom. The second kappa shape index (κ2) is 10.1. The zero-order valence-corrected chi connectivity index (χ0v) is 17.8. The van der Waals surface area contributed by atoms with E-state index in [0.717, 1.165) is 14.2 Å². The molecule has 15 heteroatoms. The largest absolute Gasteiger partial charge is 0.468 e. The summed E-state index contributed by atoms with van der Waals surface area (Å²) >= 11 is 0. The molecule has 4 N–H and O–H groups in total. The molecule has 174 valence electrons. The monoisotopic (exact) mass is 477 g/mol. The highest BCUT2D eigenvalue weighted by Gasteiger charge is 2.61. The molecule has 0 aromatic heterocycles. The summed E-state index contributed by atoms with van der Waals surface area (Å²) < 4.78 is 55.6. The van der Waals surface area contributed by atoms with Crippen LogP contribution in [0.25, 0.3) is 0 Å². The first-order valence-corrected chi connectivity index (χ1v) is 11.7. The van der Waals surface area contributed by atoms with E-state index < -0.39 is 88.3 Å². The van der Waals surface area contributed by atoms with Gasteiger partial charge in [0.15, 0.2) is 11.0 Å². The highest BCUT2D eigenvalue weighted by atomic mass is 32.3. The van der Waals surface area contributed by atoms with Crippen LogP contribution < -0.4 is 0 Å². The van der Waals surface area contributed by atoms with Crippen LogP contribution in [-0.4, -0.2) is 115 Å². The lowest BCUT2D eigenvalue weighted by Crippen LogP contribution is -2.61. The third-order valence-electron chi connectivity index (χ3n) is 4.75. The van der Waals surface area contributed by atoms with Gasteiger partial charge in [0, 0.05) is 10.9 Å². The molecule has 0 aliphatic carbocycles. The molecular formula is C15H25O13S2+. The first-order valence-electron chi connectivity index (χ1n) is 8.70. The third kappa shape index (κ3) is 5.60. The van der Waals surface area contributed by atoms with Crippen molar-refractivity contribution in [3.63, 3.8) is 0 Å². The molecule has 1 unspecified atom stereocenters. The van der Waals surface area contributed by atoms with Crippen molar-refractivity contribution in [1.29, 1.82) is 0 Å². The molecule has 2 aliphatic rings. The van der Waals surface area contributed by atoms with Crippen LogP contribution in [0.1, 0.15) is 0 Å². The van der Waals surface area contributed by atoms with Crippen molar-refractivity contribution in [2.75, 3.05) is 45.5 Å². The van der Waals surface area contributed by atoms with Crippen LogP contribution in [0.2, 0.25) is 0 Å². The van der Waals surface area contributed by atoms with E-state index in [1.807, 2.05) is 0 Å². The maximum absolute atomic E-state index is 12.4. The standard InChI is InChI=1S/C15H24O13S2/c1-24-13(19)11(14(20)25-2)15(7-29-6-9(17)12(18)10(29)3-16)26-4-8(5-27-15)28-30(21,22)23/h8-12,16-18H,3-7H2,1-2H3/p+1/t8?,9-,10-,12+,15?,29?/m1/s1. The van der Waals surface area contributed by atoms with Gasteiger partial charge in [-0.1, -0.05) is 0 Å². The van der Waals surface area contributed by atoms with Crippen LogP contribution in [0.15, 0.2) is 0 Å². The molecule has 0 saturated carbocycles. The van der Waals surface area contributed by atoms with Gasteiger partial charge in [-0.2, -0.15) is 8.42 Å². The fourth-order valence-corrected chi connectivity index (χ4v) is 6.64. The van der Waals surface area contributed by atoms with Gasteiger partial charge in [0.25, 0.3) is 0 Å². The maximum Gasteiger partial charge on any atom is 0.397 e. The number of esters is 2. The van der Waals surface area contributed by atoms with Crippen molar-refractivity contribution >= 4 is 33.2 Å². The Morgan fingerprint density at radius 3 is 2.13 bits per heavy atom. The lowest BCUT2D eigenvalue weighted by atomic mass is 9.98. The minimum Gasteiger partial charge on any atom is -0.468 e. The highest BCUT2D eigenvalue weighted by Crippen LogP contribution is 2.36. The summed E-state index contributed by atoms with van der Waals surface area (Å²) in [5.74, 6) is -6.05. The van der Waals surface area contributed by atoms with Gasteiger partial charge >= 0.3 is 22.3 Å². The quantitative estimate of drug-likeness (QED) is 0.117. The van der Waals surface area contributed by atoms with Crippen molar-refractivity contribution in [3.05, 3.63) is 0 Å². The van der Waals surface area contributed by atoms with Crippen molar-refractivity contribution in [3.8, 4) is 0 Å². The van der Waals surface area contributed by atoms with Crippen molar-refractivity contribution in [1.82, 2.24) is 0 Å². The van der Waals surface area contributed by atoms with E-state index in [1.165, 1.54) is 0 Å². The lowest BCUT2D eigenvalue weighted by Gasteiger charge is -2.41. The van der Waals surface area contributed by atoms with E-state index in [9.17, 15) is 33.3 Å². The molecule has 0 amide bonds. The van der Waals surface area contributed by atoms with Crippen LogP contribution in [0.3, 0.4) is 0 Å². The number of hydrogen-bond acceptors (Lipinski definition) is 12. The van der Waals surface area contributed by atoms with Crippen molar-refractivity contribution in [2.24, 2.45) is 5.92 Å². The fraction of sp³-hybridized carbons (Fsp3) is 0.867. The number of ether oxygens (including phenoxy) is 4. The van der Waals surface area contributed by atoms with Crippen LogP contribution in [0, 0.1) is 5.92 Å². The first kappa shape index (κ1) is 25.2. The molecule has 0 aromatic rings. The molecule has 0 spiro atoms. The fourth-order valence-electron chi connectivity index (χ4n) is 3.33. The summed E-state index contributed by atoms with van der Waals surface area (Å²) in [4.78, 5) is 24.8. The van der Waals surface area contributed by atoms with Gasteiger partial charge in [-0.05, 0) is 0 Å². The number of aliphatic hydroxyl groups excluding tert-OH is 3. The summed E-state index contributed by atoms with van der Waals surface area (Å²) in [5.41, 5.74) is 0. The van der Waals surface area contributed by atoms with Gasteiger partial charge in [0.2, 0.25) is 11.7 Å². The number of methoxy groups -OCH3 is 2. The Balaban J connectivity index is 2.35. The summed E-state index contributed by atoms with van der Waals surface area (Å²) in [6, 6.07) is 0. The van der Waals surface area contributed by atoms with E-state index in [0.29, 0.717) is 0 Å². The van der Waals surface area contributed by atoms with E-state index in [2.05, 4.69) is 13.7 Å². The van der Waals surface area contributed by atoms with Gasteiger partial charge in [-0.15, -0.1) is 0 Å². The van der Waals surface area contributed by atoms with Gasteiger partial charge in [-0.25, -0.2) is 4.18 Å². The number of aliphatic hydroxyl groups is 3. The Bertz CT molecular complexity index is 702. The molecule has 2 saturated heterocycles. The van der Waals surface area contributed by atoms with Crippen LogP contribution in [0.5, 0.6) is 0 Å². The van der Waals surface area contributed by atoms with Gasteiger partial charge in [0.1, 0.15) is 24.1 Å². The van der Waals surface area contributed by atoms with Crippen LogP contribution >= 0.6 is 0 Å². The van der Waals surface area contributed by atoms with Crippen molar-refractivity contribution in [2.45, 2.75) is 29.3 Å². The Labute approximate surface area is 175 Å². The Hall–Kier alpha value is -1.04. The molecule has 2 fully saturated rings. The smallest absolute Gasteiger partial charge is 0.397 e. The second-order valence-electron chi connectivity index (χ2n) is 6.69. The summed E-state index contributed by atoms with van der Waals surface area (Å²) in [6.07, 6.45) is -3.64. The lowest BCUT2D eigenvalue weighted by molar-refractivity contribution is -0.297. The minimum atomic E-state index is -4.81. The number of hydrogen-bond donors (Lipinski definition) is 4. The zero-order valence-electron chi connectivity index (χ0n) is 16.2. The van der Waals surface area contributed by atoms with Gasteiger partial charge < -0.3 is 34.3 Å². The van der Waals surface area contributed by atoms with Crippen LogP contribution in [0.4, 0.5) is 0 Å². The topological polar surface area (TPSA) is 195 Å². The molecular weight excluding hydrogens is 452 g/mol. The molecule has 0 aromatic carbocycles. The Kier molecular flexibility index (Phi) is 8.45. The molecule has 2 aliphatic heterocycles. The second-order valence-corrected chi connectivity index (χ2v) is 10.0. The zero-order chi connectivity index (χ0) is 22.7. The molecule has 2 heterocycles. The number of rotatable bonds is 8. The first-order chi connectivity index (χ1) is 14.0. The predicted octanol–water partition coefficient (Wildman–Crippen LogP) is -3.41. The van der Waals surface area contributed by atoms with Crippen LogP contribution in [-0.2, 0) is 54.0 Å². The normalized spacial score (nSPS) is 34.7. The maximum atomic E-state index is 12.4. The van der Waals surface area contributed by atoms with Gasteiger partial charge in [-0.3, -0.25) is 14.1 Å². The summed E-state index contributed by atoms with van der Waals surface area (Å²) in [5, 5.41) is 28.9. The number of carbonyl (C=O) groups is 2. The van der Waals surface area contributed by atoms with Gasteiger partial charge in [0.05, 0.1) is 34.0 Å². The SMILES string of the molecule is COC(=O)C(C(=O)OC)C1(C[S+]2C[C@@H](O)[C@H](O)[C@H]2CO)OCC(OS(=O)(=O)O)CO1. The molecule has 13 nitrogen and oxygen atoms in total. The molecule has 0 radical (unpaired) electrons. The molecule has 30 heavy (non-hydrogen) atoms. The van der Waals surface area contributed by atoms with E-state index in [1.54, 1.807) is 0 Å². The highest BCUT2D eigenvalue weighted by molar-refractivity contribution is 7.97. The Morgan fingerprint density at radius 2 is 1.70 bits per heavy atom. The summed E-state index contributed by atoms with van der Waals surface area (Å²) in [7, 11) is -3.73. The predicted molar refractivity (Wildman–Crippen MR) is 98.6 cm³/mol. The van der Waals surface area contributed by atoms with E-state index >= 15 is 0 Å². The van der Waals surface area contributed by atoms with E-state index in [-0.39, 0.29) is 11.5 Å². The average Bonchev–Trinajstić information content (AvgIpc) is 2.94. The molecule has 2 rings (SSSR count). The molecule has 4 atom stereocenters. The van der Waals surface area contributed by atoms with Crippen molar-refractivity contribution < 1.29 is 61.0 Å².